The van der Waals surface area contributed by atoms with Gasteiger partial charge in [-0.05, 0) is 41.8 Å². The fourth-order valence-corrected chi connectivity index (χ4v) is 5.16. The smallest absolute Gasteiger partial charge is 0.459 e. The van der Waals surface area contributed by atoms with E-state index < -0.39 is 57.0 Å². The monoisotopic (exact) mass is 583 g/mol. The van der Waals surface area contributed by atoms with Crippen molar-refractivity contribution in [2.75, 3.05) is 12.3 Å². The highest BCUT2D eigenvalue weighted by Gasteiger charge is 2.52. The van der Waals surface area contributed by atoms with Gasteiger partial charge in [0.25, 0.3) is 0 Å². The molecule has 4 aromatic rings. The number of anilines is 1. The summed E-state index contributed by atoms with van der Waals surface area (Å²) in [5, 5.41) is 12.0. The van der Waals surface area contributed by atoms with Crippen molar-refractivity contribution in [3.8, 4) is 0 Å². The van der Waals surface area contributed by atoms with Crippen LogP contribution in [0.4, 0.5) is 5.69 Å². The Bertz CT molecular complexity index is 1590. The van der Waals surface area contributed by atoms with Gasteiger partial charge in [0.1, 0.15) is 24.9 Å². The molecular formula is C27H26N3O10P. The van der Waals surface area contributed by atoms with E-state index in [1.807, 2.05) is 12.1 Å². The largest absolute Gasteiger partial charge is 0.470 e. The van der Waals surface area contributed by atoms with Crippen molar-refractivity contribution in [3.63, 3.8) is 0 Å². The van der Waals surface area contributed by atoms with Gasteiger partial charge in [-0.25, -0.2) is 14.2 Å². The number of fused-ring (bicyclic) bond motifs is 1. The molecule has 3 heterocycles. The van der Waals surface area contributed by atoms with Crippen LogP contribution in [-0.2, 0) is 23.3 Å². The minimum Gasteiger partial charge on any atom is -0.459 e. The number of rotatable bonds is 8. The number of carbonyl (C=O) groups excluding carboxylic acids is 2. The molecule has 5 rings (SSSR count). The van der Waals surface area contributed by atoms with Crippen LogP contribution in [-0.4, -0.2) is 67.4 Å². The molecule has 0 radical (unpaired) electrons. The molecule has 0 bridgehead atoms. The number of esters is 2. The number of pyridine rings is 1. The van der Waals surface area contributed by atoms with E-state index in [-0.39, 0.29) is 16.8 Å². The molecule has 1 fully saturated rings. The van der Waals surface area contributed by atoms with Gasteiger partial charge in [0, 0.05) is 24.3 Å². The molecule has 13 nitrogen and oxygen atoms in total. The number of para-hydroxylation sites is 2. The average molecular weight is 583 g/mol. The van der Waals surface area contributed by atoms with Crippen molar-refractivity contribution in [2.24, 2.45) is 0 Å². The van der Waals surface area contributed by atoms with Crippen LogP contribution < -0.4 is 5.73 Å². The van der Waals surface area contributed by atoms with Crippen LogP contribution in [0.25, 0.3) is 10.9 Å². The maximum Gasteiger partial charge on any atom is 0.470 e. The zero-order chi connectivity index (χ0) is 29.1. The molecule has 1 aliphatic heterocycles. The second-order valence-electron chi connectivity index (χ2n) is 9.20. The Morgan fingerprint density at radius 2 is 1.76 bits per heavy atom. The molecule has 0 saturated carbocycles. The van der Waals surface area contributed by atoms with Crippen molar-refractivity contribution in [3.05, 3.63) is 96.4 Å². The normalized spacial score (nSPS) is 22.8. The van der Waals surface area contributed by atoms with E-state index in [4.69, 9.17) is 24.5 Å². The second-order valence-corrected chi connectivity index (χ2v) is 10.4. The lowest BCUT2D eigenvalue weighted by molar-refractivity contribution is -0.246. The highest BCUT2D eigenvalue weighted by molar-refractivity contribution is 7.46. The zero-order valence-corrected chi connectivity index (χ0v) is 22.2. The first kappa shape index (κ1) is 28.4. The van der Waals surface area contributed by atoms with E-state index in [0.29, 0.717) is 5.52 Å². The van der Waals surface area contributed by atoms with E-state index in [1.54, 1.807) is 41.1 Å². The van der Waals surface area contributed by atoms with E-state index >= 15 is 0 Å². The maximum atomic E-state index is 13.2. The molecule has 2 aromatic heterocycles. The standard InChI is InChI=1S/C27H26N3O10P/c28-19-9-3-2-8-18(19)27(33)39-24-23(40-41(34,35)36)22(31)21(15-37-26(32)17-7-5-12-29-14-17)38-25(24)30-13-11-16-6-1-4-10-20(16)30/h1-14,21-25,31H,15,28H2,(H2,34,35,36)/t21-,22-,23+,24-,25-/m1/s1. The molecule has 1 aliphatic rings. The lowest BCUT2D eigenvalue weighted by Gasteiger charge is -2.44. The second kappa shape index (κ2) is 11.8. The third kappa shape index (κ3) is 6.30. The molecule has 0 amide bonds. The molecule has 5 N–H and O–H groups in total. The minimum atomic E-state index is -5.25. The van der Waals surface area contributed by atoms with Crippen molar-refractivity contribution in [1.29, 1.82) is 0 Å². The fourth-order valence-electron chi connectivity index (χ4n) is 4.59. The van der Waals surface area contributed by atoms with Crippen LogP contribution in [0.1, 0.15) is 26.9 Å². The molecular weight excluding hydrogens is 557 g/mol. The molecule has 5 atom stereocenters. The Hall–Kier alpha value is -4.10. The van der Waals surface area contributed by atoms with Gasteiger partial charge < -0.3 is 39.4 Å². The summed E-state index contributed by atoms with van der Waals surface area (Å²) in [4.78, 5) is 49.1. The highest BCUT2D eigenvalue weighted by atomic mass is 31.2. The number of benzene rings is 2. The van der Waals surface area contributed by atoms with Crippen LogP contribution in [0.2, 0.25) is 0 Å². The zero-order valence-electron chi connectivity index (χ0n) is 21.3. The first-order valence-corrected chi connectivity index (χ1v) is 13.9. The number of nitrogens with zero attached hydrogens (tertiary/aromatic N) is 2. The van der Waals surface area contributed by atoms with Gasteiger partial charge in [0.05, 0.1) is 16.6 Å². The molecule has 0 spiro atoms. The first-order valence-electron chi connectivity index (χ1n) is 12.4. The lowest BCUT2D eigenvalue weighted by Crippen LogP contribution is -2.58. The predicted octanol–water partition coefficient (Wildman–Crippen LogP) is 2.44. The Balaban J connectivity index is 1.52. The maximum absolute atomic E-state index is 13.2. The molecule has 0 aliphatic carbocycles. The third-order valence-corrected chi connectivity index (χ3v) is 7.02. The summed E-state index contributed by atoms with van der Waals surface area (Å²) < 4.78 is 35.8. The van der Waals surface area contributed by atoms with Gasteiger partial charge in [0.2, 0.25) is 0 Å². The number of carbonyl (C=O) groups is 2. The topological polar surface area (TPSA) is 193 Å². The molecule has 214 valence electrons. The molecule has 0 unspecified atom stereocenters. The Morgan fingerprint density at radius 3 is 2.49 bits per heavy atom. The number of nitrogens with two attached hydrogens (primary N) is 1. The summed E-state index contributed by atoms with van der Waals surface area (Å²) in [6.45, 7) is -0.530. The Labute approximate surface area is 233 Å². The summed E-state index contributed by atoms with van der Waals surface area (Å²) in [6, 6.07) is 18.0. The van der Waals surface area contributed by atoms with Crippen LogP contribution >= 0.6 is 7.82 Å². The van der Waals surface area contributed by atoms with Crippen molar-refractivity contribution >= 4 is 36.4 Å². The molecule has 1 saturated heterocycles. The molecule has 14 heteroatoms. The van der Waals surface area contributed by atoms with Gasteiger partial charge in [-0.1, -0.05) is 30.3 Å². The van der Waals surface area contributed by atoms with Crippen LogP contribution in [0, 0.1) is 0 Å². The summed E-state index contributed by atoms with van der Waals surface area (Å²) in [7, 11) is -5.25. The predicted molar refractivity (Wildman–Crippen MR) is 143 cm³/mol. The van der Waals surface area contributed by atoms with Gasteiger partial charge in [0.15, 0.2) is 12.3 Å². The number of nitrogen functional groups attached to an aromatic ring is 1. The van der Waals surface area contributed by atoms with E-state index in [9.17, 15) is 29.0 Å². The van der Waals surface area contributed by atoms with Gasteiger partial charge in [-0.15, -0.1) is 0 Å². The summed E-state index contributed by atoms with van der Waals surface area (Å²) >= 11 is 0. The number of hydrogen-bond acceptors (Lipinski definition) is 10. The summed E-state index contributed by atoms with van der Waals surface area (Å²) in [5.41, 5.74) is 6.79. The number of hydrogen-bond donors (Lipinski definition) is 4. The highest BCUT2D eigenvalue weighted by Crippen LogP contribution is 2.44. The van der Waals surface area contributed by atoms with Crippen LogP contribution in [0.3, 0.4) is 0 Å². The average Bonchev–Trinajstić information content (AvgIpc) is 3.38. The summed E-state index contributed by atoms with van der Waals surface area (Å²) in [5.74, 6) is -1.71. The molecule has 2 aromatic carbocycles. The first-order chi connectivity index (χ1) is 19.6. The Morgan fingerprint density at radius 1 is 1.00 bits per heavy atom. The number of ether oxygens (including phenoxy) is 3. The number of aromatic nitrogens is 2. The lowest BCUT2D eigenvalue weighted by atomic mass is 9.97. The number of aliphatic hydroxyl groups is 1. The van der Waals surface area contributed by atoms with E-state index in [2.05, 4.69) is 4.98 Å². The van der Waals surface area contributed by atoms with Crippen LogP contribution in [0.15, 0.2) is 85.3 Å². The Kier molecular flexibility index (Phi) is 8.18. The fraction of sp³-hybridized carbons (Fsp3) is 0.222. The minimum absolute atomic E-state index is 0.0134. The van der Waals surface area contributed by atoms with Crippen molar-refractivity contribution in [1.82, 2.24) is 9.55 Å². The van der Waals surface area contributed by atoms with Crippen molar-refractivity contribution in [2.45, 2.75) is 30.6 Å². The number of aliphatic hydroxyl groups excluding tert-OH is 1. The van der Waals surface area contributed by atoms with Gasteiger partial charge >= 0.3 is 19.8 Å². The third-order valence-electron chi connectivity index (χ3n) is 6.50. The van der Waals surface area contributed by atoms with E-state index in [1.165, 1.54) is 36.7 Å². The number of phosphoric ester groups is 1. The SMILES string of the molecule is Nc1ccccc1C(=O)O[C@@H]1[C@@H](OP(=O)(O)O)[C@H](O)[C@@H](COC(=O)c2cccnc2)O[C@H]1n1ccc2ccccc21. The van der Waals surface area contributed by atoms with Crippen molar-refractivity contribution < 1.29 is 47.8 Å². The quantitative estimate of drug-likeness (QED) is 0.135. The van der Waals surface area contributed by atoms with Gasteiger partial charge in [-0.2, -0.15) is 0 Å². The molecule has 41 heavy (non-hydrogen) atoms. The van der Waals surface area contributed by atoms with E-state index in [0.717, 1.165) is 5.39 Å². The van der Waals surface area contributed by atoms with Crippen LogP contribution in [0.5, 0.6) is 0 Å². The number of phosphoric acid groups is 1. The van der Waals surface area contributed by atoms with Gasteiger partial charge in [-0.3, -0.25) is 9.51 Å². The summed E-state index contributed by atoms with van der Waals surface area (Å²) in [6.07, 6.45) is -3.46.